The molecule has 0 fully saturated rings. The normalized spacial score (nSPS) is 12.3. The minimum atomic E-state index is -5.84. The van der Waals surface area contributed by atoms with E-state index in [0.717, 1.165) is 41.8 Å². The molecule has 83 heavy (non-hydrogen) atoms. The number of rotatable bonds is 4. The van der Waals surface area contributed by atoms with Gasteiger partial charge in [-0.2, -0.15) is 21.6 Å². The molecule has 0 spiro atoms. The average Bonchev–Trinajstić information content (AvgIpc) is 1.82. The molecule has 6 aromatic carbocycles. The van der Waals surface area contributed by atoms with E-state index in [1.54, 1.807) is 48.8 Å². The molecule has 19 heteroatoms. The summed E-state index contributed by atoms with van der Waals surface area (Å²) in [6.07, 6.45) is 11.0. The SMILES string of the molecule is C.CO.CO.C[Si](C)(C)c1ccc2c(c1)c1ccc[c-]c1c1nccn21.C[Si](C)(C)c1ccc2c(c1)c1ccc[c-]c1c1nccn21.O=S(=O)(O)C(F)(F)F.[2H]C([2H])([2H])c1cccnc1-c1[c-]cccc1.[2H]C([2H])([2H])c1cccnc1-c1ccccc1.[Ir].[Ir]. The molecule has 12 aromatic rings. The Kier molecular flexibility index (Phi) is 23.0. The van der Waals surface area contributed by atoms with Gasteiger partial charge in [0.15, 0.2) is 0 Å². The Labute approximate surface area is 522 Å². The number of nitrogens with zero attached hydrogens (tertiary/aromatic N) is 6. The second-order valence-corrected chi connectivity index (χ2v) is 31.1. The second kappa shape index (κ2) is 31.3. The molecule has 6 heterocycles. The molecule has 0 aliphatic carbocycles. The summed E-state index contributed by atoms with van der Waals surface area (Å²) in [6, 6.07) is 58.9. The van der Waals surface area contributed by atoms with Crippen molar-refractivity contribution in [2.24, 2.45) is 0 Å². The third kappa shape index (κ3) is 17.5. The van der Waals surface area contributed by atoms with Gasteiger partial charge in [0.05, 0.1) is 33.1 Å². The minimum Gasteiger partial charge on any atom is -0.400 e. The number of aliphatic hydroxyl groups excluding tert-OH is 2. The maximum absolute atomic E-state index is 10.7. The fourth-order valence-corrected chi connectivity index (χ4v) is 10.6. The van der Waals surface area contributed by atoms with Gasteiger partial charge in [-0.15, -0.1) is 95.2 Å². The molecule has 0 amide bonds. The van der Waals surface area contributed by atoms with Gasteiger partial charge in [0.25, 0.3) is 0 Å². The second-order valence-electron chi connectivity index (χ2n) is 19.5. The molecule has 12 rings (SSSR count). The van der Waals surface area contributed by atoms with E-state index in [4.69, 9.17) is 31.4 Å². The summed E-state index contributed by atoms with van der Waals surface area (Å²) in [4.78, 5) is 17.3. The number of hydrogen-bond acceptors (Lipinski definition) is 8. The number of pyridine rings is 4. The van der Waals surface area contributed by atoms with E-state index in [2.05, 4.69) is 147 Å². The fraction of sp³-hybridized carbons (Fsp3) is 0.188. The van der Waals surface area contributed by atoms with Crippen LogP contribution in [0.3, 0.4) is 0 Å². The van der Waals surface area contributed by atoms with E-state index in [9.17, 15) is 13.2 Å². The molecule has 11 nitrogen and oxygen atoms in total. The predicted octanol–water partition coefficient (Wildman–Crippen LogP) is 14.1. The number of fused-ring (bicyclic) bond motifs is 12. The van der Waals surface area contributed by atoms with Crippen LogP contribution in [0.5, 0.6) is 0 Å². The van der Waals surface area contributed by atoms with Gasteiger partial charge in [-0.3, -0.25) is 19.5 Å². The van der Waals surface area contributed by atoms with E-state index in [-0.39, 0.29) is 53.2 Å². The zero-order valence-corrected chi connectivity index (χ0v) is 53.6. The van der Waals surface area contributed by atoms with Gasteiger partial charge in [-0.1, -0.05) is 140 Å². The van der Waals surface area contributed by atoms with Crippen molar-refractivity contribution in [2.75, 3.05) is 14.2 Å². The number of halogens is 3. The Morgan fingerprint density at radius 3 is 1.35 bits per heavy atom. The van der Waals surface area contributed by atoms with Crippen LogP contribution in [0.15, 0.2) is 189 Å². The Balaban J connectivity index is 0.000000291. The van der Waals surface area contributed by atoms with Gasteiger partial charge in [0.1, 0.15) is 0 Å². The zero-order chi connectivity index (χ0) is 63.4. The van der Waals surface area contributed by atoms with Crippen molar-refractivity contribution in [1.29, 1.82) is 0 Å². The van der Waals surface area contributed by atoms with Crippen molar-refractivity contribution < 1.29 is 84.8 Å². The van der Waals surface area contributed by atoms with E-state index in [1.165, 1.54) is 43.0 Å². The Morgan fingerprint density at radius 2 is 0.940 bits per heavy atom. The third-order valence-electron chi connectivity index (χ3n) is 12.2. The van der Waals surface area contributed by atoms with Crippen LogP contribution in [0, 0.1) is 31.9 Å². The molecule has 2 radical (unpaired) electrons. The quantitative estimate of drug-likeness (QED) is 0.0513. The molecule has 0 saturated carbocycles. The van der Waals surface area contributed by atoms with E-state index in [1.807, 2.05) is 79.4 Å². The van der Waals surface area contributed by atoms with Gasteiger partial charge in [-0.25, -0.2) is 0 Å². The van der Waals surface area contributed by atoms with E-state index in [0.29, 0.717) is 22.5 Å². The summed E-state index contributed by atoms with van der Waals surface area (Å²) in [5.41, 5.74) is 1.96. The van der Waals surface area contributed by atoms with Crippen LogP contribution >= 0.6 is 0 Å². The number of aliphatic hydroxyl groups is 2. The molecule has 0 aliphatic rings. The molecule has 6 aromatic heterocycles. The number of aromatic nitrogens is 6. The Morgan fingerprint density at radius 1 is 0.518 bits per heavy atom. The molecule has 440 valence electrons. The van der Waals surface area contributed by atoms with Crippen LogP contribution < -0.4 is 10.4 Å². The number of hydrogen-bond donors (Lipinski definition) is 3. The molecular formula is C64H68F3Ir2N6O5SSi2-3. The first kappa shape index (κ1) is 61.0. The van der Waals surface area contributed by atoms with Gasteiger partial charge in [0, 0.05) is 116 Å². The standard InChI is InChI=1S/2C18H17N2Si.C12H11N.C12H10N.CHF3O3S.2CH4O.CH4.2Ir/c2*1-21(2,3)13-8-9-17-16(12-13)14-6-4-5-7-15(14)18-19-10-11-20(17)18;2*1-10-6-5-9-13-12(10)11-7-3-2-4-8-11;2-1(3,4)8(5,6)7;2*1-2;;;/h2*4-6,8-12H,1-3H3;2-9H,1H3;2-7,9H,1H3;(H,5,6,7);2*2H,1H3;1H4;;/q2*-1;;-1;;;;;;/i;;2*1D3;;;;;;. The van der Waals surface area contributed by atoms with Crippen LogP contribution in [0.1, 0.15) is 26.8 Å². The first-order valence-corrected chi connectivity index (χ1v) is 33.2. The number of aryl methyl sites for hydroxylation is 2. The molecule has 0 saturated heterocycles. The number of imidazole rings is 2. The smallest absolute Gasteiger partial charge is 0.400 e. The summed E-state index contributed by atoms with van der Waals surface area (Å²) in [5.74, 6) is 0. The van der Waals surface area contributed by atoms with Crippen LogP contribution in [0.4, 0.5) is 13.2 Å². The third-order valence-corrected chi connectivity index (χ3v) is 16.9. The molecule has 0 aliphatic heterocycles. The van der Waals surface area contributed by atoms with E-state index >= 15 is 0 Å². The Bertz CT molecular complexity index is 4090. The van der Waals surface area contributed by atoms with E-state index < -0.39 is 45.5 Å². The molecule has 0 unspecified atom stereocenters. The maximum Gasteiger partial charge on any atom is 0.522 e. The predicted molar refractivity (Wildman–Crippen MR) is 332 cm³/mol. The van der Waals surface area contributed by atoms with Crippen LogP contribution in [-0.4, -0.2) is 87.8 Å². The topological polar surface area (TPSA) is 155 Å². The van der Waals surface area contributed by atoms with Gasteiger partial charge in [-0.05, 0) is 60.0 Å². The molecular weight excluding hydrogens is 1460 g/mol. The Hall–Kier alpha value is -6.61. The summed E-state index contributed by atoms with van der Waals surface area (Å²) in [6.45, 7) is 10.1. The van der Waals surface area contributed by atoms with Crippen molar-refractivity contribution in [1.82, 2.24) is 28.7 Å². The largest absolute Gasteiger partial charge is 0.522 e. The summed E-state index contributed by atoms with van der Waals surface area (Å²) in [5, 5.41) is 24.3. The zero-order valence-electron chi connectivity index (χ0n) is 51.9. The number of alkyl halides is 3. The minimum absolute atomic E-state index is 0. The van der Waals surface area contributed by atoms with Crippen molar-refractivity contribution in [2.45, 2.75) is 65.9 Å². The van der Waals surface area contributed by atoms with Crippen LogP contribution in [0.2, 0.25) is 39.3 Å². The monoisotopic (exact) mass is 1540 g/mol. The van der Waals surface area contributed by atoms with Gasteiger partial charge < -0.3 is 24.0 Å². The van der Waals surface area contributed by atoms with Crippen molar-refractivity contribution in [3.63, 3.8) is 0 Å². The van der Waals surface area contributed by atoms with Crippen molar-refractivity contribution in [3.05, 3.63) is 218 Å². The summed E-state index contributed by atoms with van der Waals surface area (Å²) in [7, 11) is -6.49. The first-order valence-electron chi connectivity index (χ1n) is 27.8. The average molecular weight is 1540 g/mol. The fourth-order valence-electron chi connectivity index (χ4n) is 8.31. The van der Waals surface area contributed by atoms with Crippen molar-refractivity contribution in [3.8, 4) is 22.5 Å². The maximum atomic E-state index is 10.7. The van der Waals surface area contributed by atoms with Crippen LogP contribution in [-0.2, 0) is 50.3 Å². The van der Waals surface area contributed by atoms with Crippen LogP contribution in [0.25, 0.3) is 77.2 Å². The van der Waals surface area contributed by atoms with Gasteiger partial charge >= 0.3 is 15.6 Å². The summed E-state index contributed by atoms with van der Waals surface area (Å²) >= 11 is 0. The first-order chi connectivity index (χ1) is 40.5. The molecule has 3 N–H and O–H groups in total. The summed E-state index contributed by atoms with van der Waals surface area (Å²) < 4.78 is 107. The van der Waals surface area contributed by atoms with Crippen molar-refractivity contribution >= 4 is 91.3 Å². The molecule has 0 bridgehead atoms. The molecule has 0 atom stereocenters. The van der Waals surface area contributed by atoms with Gasteiger partial charge in [0.2, 0.25) is 0 Å². The number of benzene rings is 6.